The molecule has 1 unspecified atom stereocenters. The molecule has 1 aliphatic heterocycles. The van der Waals surface area contributed by atoms with E-state index in [-0.39, 0.29) is 12.8 Å². The highest BCUT2D eigenvalue weighted by Crippen LogP contribution is 2.34. The summed E-state index contributed by atoms with van der Waals surface area (Å²) in [7, 11) is -4.17. The number of ether oxygens (including phenoxy) is 1. The van der Waals surface area contributed by atoms with Crippen molar-refractivity contribution < 1.29 is 28.4 Å². The van der Waals surface area contributed by atoms with Gasteiger partial charge >= 0.3 is 13.9 Å². The Hall–Kier alpha value is -0.700. The highest BCUT2D eigenvalue weighted by atomic mass is 31.2. The molecule has 0 aromatic carbocycles. The van der Waals surface area contributed by atoms with E-state index in [2.05, 4.69) is 21.7 Å². The van der Waals surface area contributed by atoms with Gasteiger partial charge in [-0.25, -0.2) is 9.36 Å². The fraction of sp³-hybridized carbons (Fsp3) is 0.962. The van der Waals surface area contributed by atoms with Crippen LogP contribution < -0.4 is 11.1 Å². The molecule has 1 heterocycles. The van der Waals surface area contributed by atoms with Crippen LogP contribution in [0.3, 0.4) is 0 Å². The lowest BCUT2D eigenvalue weighted by atomic mass is 10.0. The number of carbonyl (C=O) groups is 1. The summed E-state index contributed by atoms with van der Waals surface area (Å²) >= 11 is 0. The third kappa shape index (κ3) is 25.0. The van der Waals surface area contributed by atoms with Crippen LogP contribution in [-0.2, 0) is 13.8 Å². The Morgan fingerprint density at radius 3 is 1.61 bits per heavy atom. The van der Waals surface area contributed by atoms with Gasteiger partial charge in [0, 0.05) is 13.1 Å². The maximum absolute atomic E-state index is 11.1. The molecule has 1 fully saturated rings. The molecular weight excluding hydrogens is 481 g/mol. The summed E-state index contributed by atoms with van der Waals surface area (Å²) in [6, 6.07) is 0. The molecule has 1 amide bonds. The number of carbonyl (C=O) groups excluding carboxylic acids is 1. The number of hydrogen-bond donors (Lipinski definition) is 4. The van der Waals surface area contributed by atoms with Crippen molar-refractivity contribution in [2.24, 2.45) is 5.73 Å². The third-order valence-corrected chi connectivity index (χ3v) is 7.00. The Morgan fingerprint density at radius 2 is 1.31 bits per heavy atom. The number of nitrogens with two attached hydrogens (primary N) is 1. The van der Waals surface area contributed by atoms with Crippen molar-refractivity contribution in [3.05, 3.63) is 0 Å². The van der Waals surface area contributed by atoms with Gasteiger partial charge in [0.2, 0.25) is 0 Å². The van der Waals surface area contributed by atoms with Crippen LogP contribution in [0.2, 0.25) is 0 Å². The van der Waals surface area contributed by atoms with Gasteiger partial charge in [0.15, 0.2) is 6.23 Å². The van der Waals surface area contributed by atoms with Gasteiger partial charge in [-0.05, 0) is 19.8 Å². The number of phosphoric ester groups is 1. The number of unbranched alkanes of at least 4 members (excludes halogenated alkanes) is 16. The molecule has 216 valence electrons. The number of rotatable bonds is 22. The summed E-state index contributed by atoms with van der Waals surface area (Å²) in [6.45, 7) is 6.52. The Bertz CT molecular complexity index is 544. The Kier molecular flexibility index (Phi) is 24.1. The van der Waals surface area contributed by atoms with Gasteiger partial charge in [0.25, 0.3) is 0 Å². The first-order valence-electron chi connectivity index (χ1n) is 14.4. The van der Waals surface area contributed by atoms with Crippen molar-refractivity contribution in [2.75, 3.05) is 26.4 Å². The van der Waals surface area contributed by atoms with Crippen LogP contribution in [0.15, 0.2) is 0 Å². The van der Waals surface area contributed by atoms with Crippen molar-refractivity contribution in [3.8, 4) is 0 Å². The van der Waals surface area contributed by atoms with Crippen LogP contribution >= 0.6 is 7.82 Å². The van der Waals surface area contributed by atoms with Gasteiger partial charge in [0.1, 0.15) is 0 Å². The molecule has 1 atom stereocenters. The van der Waals surface area contributed by atoms with Gasteiger partial charge in [-0.2, -0.15) is 0 Å². The first-order chi connectivity index (χ1) is 17.3. The molecule has 0 aromatic heterocycles. The second-order valence-electron chi connectivity index (χ2n) is 9.72. The largest absolute Gasteiger partial charge is 0.469 e. The van der Waals surface area contributed by atoms with E-state index in [0.717, 1.165) is 32.6 Å². The SMILES string of the molecule is CCCCCCCCCCCCCCCCCCCC(OC(N)=O)N1CCNC1.CCOP(=O)(O)O. The minimum atomic E-state index is -4.17. The molecule has 0 radical (unpaired) electrons. The number of primary amides is 1. The van der Waals surface area contributed by atoms with Gasteiger partial charge in [-0.3, -0.25) is 9.42 Å². The average molecular weight is 538 g/mol. The maximum atomic E-state index is 11.1. The first kappa shape index (κ1) is 35.3. The monoisotopic (exact) mass is 537 g/mol. The minimum absolute atomic E-state index is 0.0459. The van der Waals surface area contributed by atoms with Gasteiger partial charge < -0.3 is 25.6 Å². The van der Waals surface area contributed by atoms with E-state index in [4.69, 9.17) is 20.3 Å². The average Bonchev–Trinajstić information content (AvgIpc) is 3.35. The summed E-state index contributed by atoms with van der Waals surface area (Å²) in [4.78, 5) is 29.1. The Morgan fingerprint density at radius 1 is 0.861 bits per heavy atom. The third-order valence-electron chi connectivity index (χ3n) is 6.40. The second kappa shape index (κ2) is 24.6. The van der Waals surface area contributed by atoms with E-state index in [9.17, 15) is 9.36 Å². The lowest BCUT2D eigenvalue weighted by Crippen LogP contribution is -2.39. The molecule has 0 aromatic rings. The number of amides is 1. The molecular formula is C26H56N3O6P. The smallest absolute Gasteiger partial charge is 0.430 e. The van der Waals surface area contributed by atoms with Crippen molar-refractivity contribution in [3.63, 3.8) is 0 Å². The van der Waals surface area contributed by atoms with E-state index in [1.807, 2.05) is 0 Å². The molecule has 5 N–H and O–H groups in total. The summed E-state index contributed by atoms with van der Waals surface area (Å²) in [5, 5.41) is 3.28. The molecule has 10 heteroatoms. The first-order valence-corrected chi connectivity index (χ1v) is 15.9. The molecule has 1 saturated heterocycles. The van der Waals surface area contributed by atoms with Crippen LogP contribution in [0.4, 0.5) is 4.79 Å². The molecule has 9 nitrogen and oxygen atoms in total. The Balaban J connectivity index is 0.00000152. The molecule has 0 aliphatic carbocycles. The van der Waals surface area contributed by atoms with E-state index >= 15 is 0 Å². The fourth-order valence-electron chi connectivity index (χ4n) is 4.43. The van der Waals surface area contributed by atoms with Crippen LogP contribution in [0, 0.1) is 0 Å². The van der Waals surface area contributed by atoms with Crippen LogP contribution in [0.5, 0.6) is 0 Å². The highest BCUT2D eigenvalue weighted by Gasteiger charge is 2.23. The number of phosphoric acid groups is 1. The van der Waals surface area contributed by atoms with Crippen molar-refractivity contribution in [1.82, 2.24) is 10.2 Å². The van der Waals surface area contributed by atoms with Crippen LogP contribution in [0.25, 0.3) is 0 Å². The fourth-order valence-corrected chi connectivity index (χ4v) is 4.77. The summed E-state index contributed by atoms with van der Waals surface area (Å²) in [6.07, 6.45) is 23.5. The number of nitrogens with one attached hydrogen (secondary N) is 1. The minimum Gasteiger partial charge on any atom is -0.430 e. The summed E-state index contributed by atoms with van der Waals surface area (Å²) < 4.78 is 18.9. The van der Waals surface area contributed by atoms with Crippen molar-refractivity contribution in [1.29, 1.82) is 0 Å². The zero-order chi connectivity index (χ0) is 26.9. The standard InChI is InChI=1S/C24H49N3O2.C2H7O4P/c1-2-3-4-5-6-7-8-9-10-11-12-13-14-15-16-17-18-19-23(29-24(25)28)27-21-20-26-22-27;1-2-6-7(3,4)5/h23,26H,2-22H2,1H3,(H2,25,28);2H2,1H3,(H2,3,4,5). The van der Waals surface area contributed by atoms with Gasteiger partial charge in [0.05, 0.1) is 13.3 Å². The molecule has 1 aliphatic rings. The zero-order valence-electron chi connectivity index (χ0n) is 23.1. The molecule has 36 heavy (non-hydrogen) atoms. The molecule has 0 bridgehead atoms. The quantitative estimate of drug-likeness (QED) is 0.0917. The maximum Gasteiger partial charge on any atom is 0.469 e. The van der Waals surface area contributed by atoms with Gasteiger partial charge in [-0.1, -0.05) is 110 Å². The highest BCUT2D eigenvalue weighted by molar-refractivity contribution is 7.46. The Labute approximate surface area is 220 Å². The zero-order valence-corrected chi connectivity index (χ0v) is 24.0. The van der Waals surface area contributed by atoms with E-state index in [1.54, 1.807) is 0 Å². The summed E-state index contributed by atoms with van der Waals surface area (Å²) in [5.41, 5.74) is 5.22. The van der Waals surface area contributed by atoms with E-state index < -0.39 is 13.9 Å². The van der Waals surface area contributed by atoms with Crippen molar-refractivity contribution in [2.45, 2.75) is 136 Å². The summed E-state index contributed by atoms with van der Waals surface area (Å²) in [5.74, 6) is 0. The molecule has 1 rings (SSSR count). The van der Waals surface area contributed by atoms with Crippen LogP contribution in [0.1, 0.15) is 129 Å². The predicted octanol–water partition coefficient (Wildman–Crippen LogP) is 6.43. The lowest BCUT2D eigenvalue weighted by molar-refractivity contribution is -0.00383. The van der Waals surface area contributed by atoms with Crippen LogP contribution in [-0.4, -0.2) is 53.4 Å². The predicted molar refractivity (Wildman–Crippen MR) is 146 cm³/mol. The van der Waals surface area contributed by atoms with Gasteiger partial charge in [-0.15, -0.1) is 0 Å². The topological polar surface area (TPSA) is 134 Å². The van der Waals surface area contributed by atoms with Crippen molar-refractivity contribution >= 4 is 13.9 Å². The molecule has 0 saturated carbocycles. The van der Waals surface area contributed by atoms with E-state index in [0.29, 0.717) is 0 Å². The number of nitrogens with zero attached hydrogens (tertiary/aromatic N) is 1. The number of hydrogen-bond acceptors (Lipinski definition) is 6. The second-order valence-corrected chi connectivity index (χ2v) is 11.0. The normalized spacial score (nSPS) is 14.9. The van der Waals surface area contributed by atoms with E-state index in [1.165, 1.54) is 110 Å². The lowest BCUT2D eigenvalue weighted by Gasteiger charge is -2.25. The molecule has 0 spiro atoms.